The quantitative estimate of drug-likeness (QED) is 0.486. The molecule has 0 unspecified atom stereocenters. The minimum atomic E-state index is -0.497. The number of oxime groups is 1. The number of hydrogen-bond donors (Lipinski definition) is 0. The maximum atomic E-state index is 10.5. The van der Waals surface area contributed by atoms with Gasteiger partial charge in [-0.3, -0.25) is 0 Å². The predicted molar refractivity (Wildman–Crippen MR) is 73.5 cm³/mol. The van der Waals surface area contributed by atoms with Crippen LogP contribution in [0.4, 0.5) is 0 Å². The molecular weight excluding hydrogens is 289 g/mol. The molecule has 0 aliphatic heterocycles. The molecule has 0 bridgehead atoms. The number of hydrogen-bond acceptors (Lipinski definition) is 4. The second kappa shape index (κ2) is 5.91. The fraction of sp³-hybridized carbons (Fsp3) is 0.0769. The van der Waals surface area contributed by atoms with Crippen molar-refractivity contribution in [2.24, 2.45) is 5.16 Å². The third kappa shape index (κ3) is 3.59. The summed E-state index contributed by atoms with van der Waals surface area (Å²) in [5.41, 5.74) is 0.721. The number of benzene rings is 1. The van der Waals surface area contributed by atoms with E-state index in [9.17, 15) is 4.79 Å². The smallest absolute Gasteiger partial charge is 0.331 e. The van der Waals surface area contributed by atoms with Crippen molar-refractivity contribution >= 4 is 35.4 Å². The second-order valence-electron chi connectivity index (χ2n) is 3.64. The van der Waals surface area contributed by atoms with Gasteiger partial charge >= 0.3 is 5.97 Å². The minimum Gasteiger partial charge on any atom is -0.455 e. The zero-order chi connectivity index (χ0) is 13.8. The summed E-state index contributed by atoms with van der Waals surface area (Å²) < 4.78 is 5.50. The molecule has 2 aromatic rings. The van der Waals surface area contributed by atoms with Crippen LogP contribution in [-0.2, 0) is 9.63 Å². The molecule has 0 aliphatic carbocycles. The van der Waals surface area contributed by atoms with Gasteiger partial charge in [-0.25, -0.2) is 4.79 Å². The highest BCUT2D eigenvalue weighted by atomic mass is 35.5. The molecule has 2 rings (SSSR count). The van der Waals surface area contributed by atoms with E-state index < -0.39 is 5.97 Å². The Kier molecular flexibility index (Phi) is 4.24. The summed E-state index contributed by atoms with van der Waals surface area (Å²) >= 11 is 11.9. The van der Waals surface area contributed by atoms with Crippen molar-refractivity contribution in [1.82, 2.24) is 0 Å². The van der Waals surface area contributed by atoms with Crippen LogP contribution < -0.4 is 0 Å². The highest BCUT2D eigenvalue weighted by molar-refractivity contribution is 6.36. The Hall–Kier alpha value is -1.78. The number of rotatable bonds is 3. The largest absolute Gasteiger partial charge is 0.455 e. The van der Waals surface area contributed by atoms with Gasteiger partial charge in [0.1, 0.15) is 17.7 Å². The van der Waals surface area contributed by atoms with Crippen LogP contribution >= 0.6 is 23.2 Å². The van der Waals surface area contributed by atoms with Gasteiger partial charge in [0, 0.05) is 17.5 Å². The second-order valence-corrected chi connectivity index (χ2v) is 4.49. The highest BCUT2D eigenvalue weighted by Gasteiger charge is 2.08. The van der Waals surface area contributed by atoms with E-state index >= 15 is 0 Å². The van der Waals surface area contributed by atoms with Crippen LogP contribution in [-0.4, -0.2) is 12.2 Å². The van der Waals surface area contributed by atoms with Crippen molar-refractivity contribution in [1.29, 1.82) is 0 Å². The van der Waals surface area contributed by atoms with Crippen molar-refractivity contribution in [3.8, 4) is 11.3 Å². The maximum Gasteiger partial charge on any atom is 0.331 e. The topological polar surface area (TPSA) is 51.8 Å². The Labute approximate surface area is 119 Å². The first kappa shape index (κ1) is 13.6. The molecule has 1 heterocycles. The first-order valence-corrected chi connectivity index (χ1v) is 6.08. The molecule has 0 amide bonds. The van der Waals surface area contributed by atoms with Crippen LogP contribution in [0.25, 0.3) is 11.3 Å². The standard InChI is InChI=1S/C13H9Cl2NO3/c1-8(17)19-16-7-10-3-5-13(18-10)11-4-2-9(14)6-12(11)15/h2-7H,1H3. The molecule has 0 aliphatic rings. The van der Waals surface area contributed by atoms with E-state index in [2.05, 4.69) is 9.99 Å². The molecule has 98 valence electrons. The van der Waals surface area contributed by atoms with E-state index in [1.165, 1.54) is 13.1 Å². The van der Waals surface area contributed by atoms with Gasteiger partial charge in [0.15, 0.2) is 0 Å². The monoisotopic (exact) mass is 297 g/mol. The van der Waals surface area contributed by atoms with Crippen molar-refractivity contribution in [2.75, 3.05) is 0 Å². The van der Waals surface area contributed by atoms with E-state index in [-0.39, 0.29) is 0 Å². The molecule has 1 aromatic heterocycles. The Balaban J connectivity index is 2.21. The average molecular weight is 298 g/mol. The lowest BCUT2D eigenvalue weighted by atomic mass is 10.2. The molecular formula is C13H9Cl2NO3. The van der Waals surface area contributed by atoms with E-state index in [0.29, 0.717) is 21.6 Å². The van der Waals surface area contributed by atoms with Crippen LogP contribution in [0.2, 0.25) is 10.0 Å². The average Bonchev–Trinajstić information content (AvgIpc) is 2.77. The van der Waals surface area contributed by atoms with Crippen molar-refractivity contribution in [3.63, 3.8) is 0 Å². The summed E-state index contributed by atoms with van der Waals surface area (Å²) in [6, 6.07) is 8.54. The number of furan rings is 1. The van der Waals surface area contributed by atoms with Gasteiger partial charge in [0.25, 0.3) is 0 Å². The molecule has 0 N–H and O–H groups in total. The fourth-order valence-electron chi connectivity index (χ4n) is 1.41. The molecule has 0 saturated heterocycles. The number of carbonyl (C=O) groups excluding carboxylic acids is 1. The molecule has 0 spiro atoms. The van der Waals surface area contributed by atoms with Crippen molar-refractivity contribution in [2.45, 2.75) is 6.92 Å². The van der Waals surface area contributed by atoms with Gasteiger partial charge in [0.05, 0.1) is 5.02 Å². The SMILES string of the molecule is CC(=O)ON=Cc1ccc(-c2ccc(Cl)cc2Cl)o1. The predicted octanol–water partition coefficient (Wildman–Crippen LogP) is 4.15. The van der Waals surface area contributed by atoms with E-state index in [0.717, 1.165) is 5.56 Å². The lowest BCUT2D eigenvalue weighted by Gasteiger charge is -2.00. The molecule has 19 heavy (non-hydrogen) atoms. The van der Waals surface area contributed by atoms with Gasteiger partial charge < -0.3 is 9.25 Å². The van der Waals surface area contributed by atoms with Crippen LogP contribution in [0.15, 0.2) is 39.9 Å². The lowest BCUT2D eigenvalue weighted by molar-refractivity contribution is -0.140. The van der Waals surface area contributed by atoms with Gasteiger partial charge in [-0.1, -0.05) is 28.4 Å². The van der Waals surface area contributed by atoms with Gasteiger partial charge in [-0.2, -0.15) is 0 Å². The molecule has 0 radical (unpaired) electrons. The first-order chi connectivity index (χ1) is 9.06. The molecule has 4 nitrogen and oxygen atoms in total. The minimum absolute atomic E-state index is 0.447. The first-order valence-electron chi connectivity index (χ1n) is 5.32. The van der Waals surface area contributed by atoms with Crippen molar-refractivity contribution in [3.05, 3.63) is 46.1 Å². The zero-order valence-electron chi connectivity index (χ0n) is 9.89. The van der Waals surface area contributed by atoms with Crippen LogP contribution in [0.3, 0.4) is 0 Å². The summed E-state index contributed by atoms with van der Waals surface area (Å²) in [5, 5.41) is 4.51. The van der Waals surface area contributed by atoms with Gasteiger partial charge in [-0.15, -0.1) is 0 Å². The Morgan fingerprint density at radius 1 is 1.32 bits per heavy atom. The van der Waals surface area contributed by atoms with E-state index in [4.69, 9.17) is 27.6 Å². The Morgan fingerprint density at radius 2 is 2.11 bits per heavy atom. The van der Waals surface area contributed by atoms with Gasteiger partial charge in [0.2, 0.25) is 0 Å². The number of nitrogens with zero attached hydrogens (tertiary/aromatic N) is 1. The molecule has 0 atom stereocenters. The summed E-state index contributed by atoms with van der Waals surface area (Å²) in [6.07, 6.45) is 1.30. The van der Waals surface area contributed by atoms with Crippen molar-refractivity contribution < 1.29 is 14.0 Å². The molecule has 1 aromatic carbocycles. The molecule has 0 fully saturated rings. The number of carbonyl (C=O) groups is 1. The summed E-state index contributed by atoms with van der Waals surface area (Å²) in [6.45, 7) is 1.26. The maximum absolute atomic E-state index is 10.5. The fourth-order valence-corrected chi connectivity index (χ4v) is 1.91. The summed E-state index contributed by atoms with van der Waals surface area (Å²) in [7, 11) is 0. The normalized spacial score (nSPS) is 10.9. The van der Waals surface area contributed by atoms with Crippen LogP contribution in [0.1, 0.15) is 12.7 Å². The molecule has 6 heteroatoms. The third-order valence-electron chi connectivity index (χ3n) is 2.18. The van der Waals surface area contributed by atoms with Crippen LogP contribution in [0.5, 0.6) is 0 Å². The van der Waals surface area contributed by atoms with Gasteiger partial charge in [-0.05, 0) is 30.3 Å². The van der Waals surface area contributed by atoms with E-state index in [1.54, 1.807) is 30.3 Å². The lowest BCUT2D eigenvalue weighted by Crippen LogP contribution is -1.90. The van der Waals surface area contributed by atoms with E-state index in [1.807, 2.05) is 0 Å². The highest BCUT2D eigenvalue weighted by Crippen LogP contribution is 2.31. The molecule has 0 saturated carbocycles. The zero-order valence-corrected chi connectivity index (χ0v) is 11.4. The van der Waals surface area contributed by atoms with Crippen LogP contribution in [0, 0.1) is 0 Å². The summed E-state index contributed by atoms with van der Waals surface area (Å²) in [4.78, 5) is 15.0. The Morgan fingerprint density at radius 3 is 2.79 bits per heavy atom. The third-order valence-corrected chi connectivity index (χ3v) is 2.73. The number of halogens is 2. The Bertz CT molecular complexity index is 635. The summed E-state index contributed by atoms with van der Waals surface area (Å²) in [5.74, 6) is 0.525.